The van der Waals surface area contributed by atoms with E-state index >= 15 is 0 Å². The van der Waals surface area contributed by atoms with Crippen LogP contribution in [0.1, 0.15) is 45.6 Å². The van der Waals surface area contributed by atoms with Crippen molar-refractivity contribution in [2.45, 2.75) is 52.5 Å². The summed E-state index contributed by atoms with van der Waals surface area (Å²) in [5, 5.41) is 3.56. The summed E-state index contributed by atoms with van der Waals surface area (Å²) in [4.78, 5) is 0. The fraction of sp³-hybridized carbons (Fsp3) is 0.647. The lowest BCUT2D eigenvalue weighted by atomic mass is 9.91. The van der Waals surface area contributed by atoms with Crippen LogP contribution in [0.25, 0.3) is 0 Å². The average molecular weight is 281 g/mol. The zero-order valence-corrected chi connectivity index (χ0v) is 13.2. The van der Waals surface area contributed by atoms with Crippen molar-refractivity contribution in [1.29, 1.82) is 0 Å². The van der Waals surface area contributed by atoms with E-state index in [0.29, 0.717) is 24.1 Å². The van der Waals surface area contributed by atoms with E-state index in [1.807, 2.05) is 12.1 Å². The maximum absolute atomic E-state index is 14.3. The number of benzene rings is 1. The first kappa shape index (κ1) is 17.0. The Bertz CT molecular complexity index is 395. The molecule has 0 aliphatic rings. The Morgan fingerprint density at radius 3 is 2.60 bits per heavy atom. The van der Waals surface area contributed by atoms with Gasteiger partial charge in [-0.15, -0.1) is 0 Å². The van der Waals surface area contributed by atoms with Gasteiger partial charge < -0.3 is 10.1 Å². The topological polar surface area (TPSA) is 21.3 Å². The van der Waals surface area contributed by atoms with E-state index in [4.69, 9.17) is 4.74 Å². The minimum absolute atomic E-state index is 0.220. The molecule has 0 aliphatic carbocycles. The van der Waals surface area contributed by atoms with Crippen LogP contribution >= 0.6 is 0 Å². The van der Waals surface area contributed by atoms with E-state index in [2.05, 4.69) is 26.1 Å². The minimum atomic E-state index is -0.220. The van der Waals surface area contributed by atoms with Crippen LogP contribution in [0.3, 0.4) is 0 Å². The molecular formula is C17H28FNO. The molecule has 1 aromatic rings. The Labute approximate surface area is 122 Å². The molecule has 114 valence electrons. The maximum Gasteiger partial charge on any atom is 0.168 e. The van der Waals surface area contributed by atoms with Crippen LogP contribution in [-0.2, 0) is 6.42 Å². The molecule has 0 saturated heterocycles. The van der Waals surface area contributed by atoms with Gasteiger partial charge >= 0.3 is 0 Å². The fourth-order valence-electron chi connectivity index (χ4n) is 2.57. The van der Waals surface area contributed by atoms with Gasteiger partial charge in [0.1, 0.15) is 0 Å². The summed E-state index contributed by atoms with van der Waals surface area (Å²) in [6.45, 7) is 7.57. The number of hydrogen-bond acceptors (Lipinski definition) is 2. The molecule has 0 fully saturated rings. The van der Waals surface area contributed by atoms with Gasteiger partial charge in [0.15, 0.2) is 11.6 Å². The Morgan fingerprint density at radius 1 is 1.25 bits per heavy atom. The molecule has 0 aromatic heterocycles. The molecule has 20 heavy (non-hydrogen) atoms. The maximum atomic E-state index is 14.3. The highest BCUT2D eigenvalue weighted by atomic mass is 19.1. The van der Waals surface area contributed by atoms with Crippen molar-refractivity contribution in [1.82, 2.24) is 5.32 Å². The van der Waals surface area contributed by atoms with Crippen LogP contribution in [0.4, 0.5) is 4.39 Å². The summed E-state index contributed by atoms with van der Waals surface area (Å²) < 4.78 is 19.3. The summed E-state index contributed by atoms with van der Waals surface area (Å²) in [6.07, 6.45) is 4.12. The highest BCUT2D eigenvalue weighted by Crippen LogP contribution is 2.23. The number of ether oxygens (including phenoxy) is 1. The zero-order valence-electron chi connectivity index (χ0n) is 13.2. The Morgan fingerprint density at radius 2 is 2.00 bits per heavy atom. The zero-order chi connectivity index (χ0) is 15.0. The minimum Gasteiger partial charge on any atom is -0.494 e. The average Bonchev–Trinajstić information content (AvgIpc) is 2.45. The predicted molar refractivity (Wildman–Crippen MR) is 82.8 cm³/mol. The molecule has 0 bridgehead atoms. The largest absolute Gasteiger partial charge is 0.494 e. The first-order chi connectivity index (χ1) is 9.63. The van der Waals surface area contributed by atoms with Crippen molar-refractivity contribution in [3.8, 4) is 5.75 Å². The lowest BCUT2D eigenvalue weighted by Gasteiger charge is -2.25. The number of halogens is 1. The van der Waals surface area contributed by atoms with Crippen molar-refractivity contribution >= 4 is 0 Å². The standard InChI is InChI=1S/C17H28FNO/c1-5-8-13(3)15(19-11-6-2)12-14-9-7-10-16(20-4)17(14)18/h7,9-10,13,15,19H,5-6,8,11-12H2,1-4H3. The van der Waals surface area contributed by atoms with E-state index in [-0.39, 0.29) is 5.82 Å². The Balaban J connectivity index is 2.82. The lowest BCUT2D eigenvalue weighted by molar-refractivity contribution is 0.344. The van der Waals surface area contributed by atoms with Crippen molar-refractivity contribution < 1.29 is 9.13 Å². The van der Waals surface area contributed by atoms with Crippen molar-refractivity contribution in [3.05, 3.63) is 29.6 Å². The van der Waals surface area contributed by atoms with Gasteiger partial charge in [-0.3, -0.25) is 0 Å². The third-order valence-electron chi connectivity index (χ3n) is 3.79. The van der Waals surface area contributed by atoms with Gasteiger partial charge in [-0.25, -0.2) is 4.39 Å². The van der Waals surface area contributed by atoms with Gasteiger partial charge in [-0.05, 0) is 43.4 Å². The summed E-state index contributed by atoms with van der Waals surface area (Å²) in [6, 6.07) is 5.70. The Hall–Kier alpha value is -1.09. The van der Waals surface area contributed by atoms with Gasteiger partial charge in [-0.2, -0.15) is 0 Å². The van der Waals surface area contributed by atoms with Crippen LogP contribution in [0.15, 0.2) is 18.2 Å². The summed E-state index contributed by atoms with van der Waals surface area (Å²) in [7, 11) is 1.51. The second-order valence-corrected chi connectivity index (χ2v) is 5.46. The van der Waals surface area contributed by atoms with Crippen LogP contribution in [0.5, 0.6) is 5.75 Å². The van der Waals surface area contributed by atoms with E-state index < -0.39 is 0 Å². The molecule has 1 aromatic carbocycles. The molecule has 0 heterocycles. The monoisotopic (exact) mass is 281 g/mol. The normalized spacial score (nSPS) is 14.1. The van der Waals surface area contributed by atoms with Gasteiger partial charge in [0.05, 0.1) is 7.11 Å². The second kappa shape index (κ2) is 8.96. The molecule has 0 saturated carbocycles. The van der Waals surface area contributed by atoms with E-state index in [1.165, 1.54) is 7.11 Å². The smallest absolute Gasteiger partial charge is 0.168 e. The SMILES string of the molecule is CCCNC(Cc1cccc(OC)c1F)C(C)CCC. The molecule has 1 N–H and O–H groups in total. The third kappa shape index (κ3) is 4.78. The van der Waals surface area contributed by atoms with Crippen LogP contribution in [-0.4, -0.2) is 19.7 Å². The van der Waals surface area contributed by atoms with Gasteiger partial charge in [0, 0.05) is 6.04 Å². The second-order valence-electron chi connectivity index (χ2n) is 5.46. The van der Waals surface area contributed by atoms with Crippen molar-refractivity contribution in [2.75, 3.05) is 13.7 Å². The highest BCUT2D eigenvalue weighted by Gasteiger charge is 2.19. The molecule has 3 heteroatoms. The molecular weight excluding hydrogens is 253 g/mol. The van der Waals surface area contributed by atoms with E-state index in [0.717, 1.165) is 31.4 Å². The van der Waals surface area contributed by atoms with Gasteiger partial charge in [-0.1, -0.05) is 39.3 Å². The molecule has 0 aliphatic heterocycles. The third-order valence-corrected chi connectivity index (χ3v) is 3.79. The summed E-state index contributed by atoms with van der Waals surface area (Å²) in [5.74, 6) is 0.652. The van der Waals surface area contributed by atoms with Gasteiger partial charge in [0.2, 0.25) is 0 Å². The molecule has 2 nitrogen and oxygen atoms in total. The fourth-order valence-corrected chi connectivity index (χ4v) is 2.57. The number of methoxy groups -OCH3 is 1. The van der Waals surface area contributed by atoms with Crippen molar-refractivity contribution in [2.24, 2.45) is 5.92 Å². The lowest BCUT2D eigenvalue weighted by Crippen LogP contribution is -2.37. The van der Waals surface area contributed by atoms with E-state index in [1.54, 1.807) is 6.07 Å². The number of rotatable bonds is 9. The van der Waals surface area contributed by atoms with Crippen LogP contribution in [0.2, 0.25) is 0 Å². The molecule has 2 unspecified atom stereocenters. The van der Waals surface area contributed by atoms with Crippen LogP contribution < -0.4 is 10.1 Å². The number of hydrogen-bond donors (Lipinski definition) is 1. The molecule has 0 amide bonds. The predicted octanol–water partition coefficient (Wildman–Crippen LogP) is 4.18. The Kier molecular flexibility index (Phi) is 7.60. The van der Waals surface area contributed by atoms with Crippen molar-refractivity contribution in [3.63, 3.8) is 0 Å². The quantitative estimate of drug-likeness (QED) is 0.733. The highest BCUT2D eigenvalue weighted by molar-refractivity contribution is 5.31. The first-order valence-corrected chi connectivity index (χ1v) is 7.68. The molecule has 2 atom stereocenters. The molecule has 1 rings (SSSR count). The first-order valence-electron chi connectivity index (χ1n) is 7.68. The summed E-state index contributed by atoms with van der Waals surface area (Å²) >= 11 is 0. The number of nitrogens with one attached hydrogen (secondary N) is 1. The molecule has 0 radical (unpaired) electrons. The van der Waals surface area contributed by atoms with Gasteiger partial charge in [0.25, 0.3) is 0 Å². The summed E-state index contributed by atoms with van der Waals surface area (Å²) in [5.41, 5.74) is 0.737. The van der Waals surface area contributed by atoms with E-state index in [9.17, 15) is 4.39 Å². The van der Waals surface area contributed by atoms with Crippen LogP contribution in [0, 0.1) is 11.7 Å². The molecule has 0 spiro atoms.